The number of carboxylic acids is 1. The van der Waals surface area contributed by atoms with Gasteiger partial charge in [0.1, 0.15) is 24.2 Å². The number of aliphatic hydroxyl groups excluding tert-OH is 1. The highest BCUT2D eigenvalue weighted by molar-refractivity contribution is 5.94. The summed E-state index contributed by atoms with van der Waals surface area (Å²) >= 11 is 0. The first-order chi connectivity index (χ1) is 14.7. The van der Waals surface area contributed by atoms with Gasteiger partial charge in [0.2, 0.25) is 17.7 Å². The van der Waals surface area contributed by atoms with Crippen LogP contribution in [0.5, 0.6) is 0 Å². The van der Waals surface area contributed by atoms with Crippen molar-refractivity contribution in [1.82, 2.24) is 16.0 Å². The van der Waals surface area contributed by atoms with Crippen LogP contribution in [-0.2, 0) is 19.2 Å². The second-order valence-electron chi connectivity index (χ2n) is 9.36. The maximum Gasteiger partial charge on any atom is 0.326 e. The molecule has 0 aliphatic rings. The lowest BCUT2D eigenvalue weighted by atomic mass is 9.95. The van der Waals surface area contributed by atoms with Crippen molar-refractivity contribution in [3.05, 3.63) is 0 Å². The largest absolute Gasteiger partial charge is 0.480 e. The molecule has 3 amide bonds. The SMILES string of the molecule is CCC(C)C(NC(=O)C(CC(C)C)NC(=O)C(N)C(C)O)C(=O)NC(CC(C)C)C(=O)O. The van der Waals surface area contributed by atoms with E-state index in [9.17, 15) is 29.4 Å². The van der Waals surface area contributed by atoms with Gasteiger partial charge in [0.15, 0.2) is 0 Å². The van der Waals surface area contributed by atoms with E-state index in [-0.39, 0.29) is 24.2 Å². The Labute approximate surface area is 191 Å². The molecule has 6 unspecified atom stereocenters. The average Bonchev–Trinajstić information content (AvgIpc) is 2.68. The van der Waals surface area contributed by atoms with Gasteiger partial charge in [0.25, 0.3) is 0 Å². The van der Waals surface area contributed by atoms with Crippen LogP contribution < -0.4 is 21.7 Å². The molecule has 32 heavy (non-hydrogen) atoms. The second-order valence-corrected chi connectivity index (χ2v) is 9.36. The average molecular weight is 459 g/mol. The maximum atomic E-state index is 13.0. The number of hydrogen-bond acceptors (Lipinski definition) is 6. The van der Waals surface area contributed by atoms with Gasteiger partial charge < -0.3 is 31.9 Å². The van der Waals surface area contributed by atoms with E-state index in [0.29, 0.717) is 12.8 Å². The highest BCUT2D eigenvalue weighted by Gasteiger charge is 2.33. The first kappa shape index (κ1) is 29.8. The molecule has 0 rings (SSSR count). The molecule has 10 nitrogen and oxygen atoms in total. The zero-order valence-electron chi connectivity index (χ0n) is 20.3. The number of carbonyl (C=O) groups excluding carboxylic acids is 3. The van der Waals surface area contributed by atoms with Gasteiger partial charge in [0, 0.05) is 0 Å². The van der Waals surface area contributed by atoms with Crippen LogP contribution >= 0.6 is 0 Å². The zero-order chi connectivity index (χ0) is 25.2. The van der Waals surface area contributed by atoms with E-state index in [1.807, 2.05) is 34.6 Å². The number of nitrogens with one attached hydrogen (secondary N) is 3. The van der Waals surface area contributed by atoms with E-state index < -0.39 is 54.0 Å². The molecule has 6 atom stereocenters. The van der Waals surface area contributed by atoms with Crippen LogP contribution in [0.4, 0.5) is 0 Å². The van der Waals surface area contributed by atoms with Crippen LogP contribution in [0.2, 0.25) is 0 Å². The topological polar surface area (TPSA) is 171 Å². The minimum atomic E-state index is -1.20. The molecule has 0 radical (unpaired) electrons. The van der Waals surface area contributed by atoms with E-state index in [1.165, 1.54) is 6.92 Å². The highest BCUT2D eigenvalue weighted by Crippen LogP contribution is 2.13. The number of amides is 3. The number of hydrogen-bond donors (Lipinski definition) is 6. The van der Waals surface area contributed by atoms with Gasteiger partial charge in [-0.1, -0.05) is 48.0 Å². The number of nitrogens with two attached hydrogens (primary N) is 1. The maximum absolute atomic E-state index is 13.0. The van der Waals surface area contributed by atoms with Crippen molar-refractivity contribution in [2.24, 2.45) is 23.5 Å². The summed E-state index contributed by atoms with van der Waals surface area (Å²) in [6.07, 6.45) is 0.0227. The minimum Gasteiger partial charge on any atom is -0.480 e. The van der Waals surface area contributed by atoms with Gasteiger partial charge in [-0.25, -0.2) is 4.79 Å². The van der Waals surface area contributed by atoms with E-state index in [4.69, 9.17) is 5.73 Å². The molecule has 0 aromatic rings. The summed E-state index contributed by atoms with van der Waals surface area (Å²) in [4.78, 5) is 49.8. The molecule has 0 fully saturated rings. The van der Waals surface area contributed by atoms with Crippen molar-refractivity contribution in [1.29, 1.82) is 0 Å². The molecular formula is C22H42N4O6. The minimum absolute atomic E-state index is 0.0483. The van der Waals surface area contributed by atoms with Crippen LogP contribution in [0.25, 0.3) is 0 Å². The Kier molecular flexibility index (Phi) is 13.1. The summed E-state index contributed by atoms with van der Waals surface area (Å²) in [5, 5.41) is 26.7. The van der Waals surface area contributed by atoms with E-state index in [0.717, 1.165) is 0 Å². The number of aliphatic carboxylic acids is 1. The normalized spacial score (nSPS) is 17.1. The summed E-state index contributed by atoms with van der Waals surface area (Å²) in [5.74, 6) is -3.14. The molecule has 0 bridgehead atoms. The summed E-state index contributed by atoms with van der Waals surface area (Å²) in [6, 6.07) is -4.20. The van der Waals surface area contributed by atoms with Gasteiger partial charge in [-0.2, -0.15) is 0 Å². The van der Waals surface area contributed by atoms with E-state index >= 15 is 0 Å². The summed E-state index contributed by atoms with van der Waals surface area (Å²) in [7, 11) is 0. The molecule has 0 saturated carbocycles. The van der Waals surface area contributed by atoms with Crippen molar-refractivity contribution in [2.75, 3.05) is 0 Å². The standard InChI is InChI=1S/C22H42N4O6/c1-8-13(6)18(21(30)25-16(22(31)32)10-12(4)5)26-19(28)15(9-11(2)3)24-20(29)17(23)14(7)27/h11-18,27H,8-10,23H2,1-7H3,(H,24,29)(H,25,30)(H,26,28)(H,31,32). The van der Waals surface area contributed by atoms with Gasteiger partial charge in [0.05, 0.1) is 6.10 Å². The lowest BCUT2D eigenvalue weighted by Gasteiger charge is -2.29. The molecule has 0 saturated heterocycles. The summed E-state index contributed by atoms with van der Waals surface area (Å²) in [5.41, 5.74) is 5.67. The Morgan fingerprint density at radius 3 is 1.66 bits per heavy atom. The molecule has 186 valence electrons. The summed E-state index contributed by atoms with van der Waals surface area (Å²) < 4.78 is 0. The third-order valence-corrected chi connectivity index (χ3v) is 5.28. The Morgan fingerprint density at radius 1 is 0.781 bits per heavy atom. The molecular weight excluding hydrogens is 416 g/mol. The highest BCUT2D eigenvalue weighted by atomic mass is 16.4. The lowest BCUT2D eigenvalue weighted by Crippen LogP contribution is -2.59. The van der Waals surface area contributed by atoms with Crippen LogP contribution in [0.1, 0.15) is 67.7 Å². The van der Waals surface area contributed by atoms with E-state index in [2.05, 4.69) is 16.0 Å². The monoisotopic (exact) mass is 458 g/mol. The Bertz CT molecular complexity index is 638. The summed E-state index contributed by atoms with van der Waals surface area (Å²) in [6.45, 7) is 12.5. The first-order valence-corrected chi connectivity index (χ1v) is 11.3. The third-order valence-electron chi connectivity index (χ3n) is 5.28. The molecule has 0 heterocycles. The number of carbonyl (C=O) groups is 4. The molecule has 10 heteroatoms. The quantitative estimate of drug-likeness (QED) is 0.218. The van der Waals surface area contributed by atoms with E-state index in [1.54, 1.807) is 6.92 Å². The second kappa shape index (κ2) is 14.1. The van der Waals surface area contributed by atoms with Crippen molar-refractivity contribution < 1.29 is 29.4 Å². The van der Waals surface area contributed by atoms with Crippen molar-refractivity contribution in [3.63, 3.8) is 0 Å². The fourth-order valence-electron chi connectivity index (χ4n) is 3.10. The number of aliphatic hydroxyl groups is 1. The smallest absolute Gasteiger partial charge is 0.326 e. The van der Waals surface area contributed by atoms with Gasteiger partial charge >= 0.3 is 5.97 Å². The van der Waals surface area contributed by atoms with Crippen LogP contribution in [0.15, 0.2) is 0 Å². The van der Waals surface area contributed by atoms with Gasteiger partial charge in [-0.15, -0.1) is 0 Å². The van der Waals surface area contributed by atoms with Crippen LogP contribution in [-0.4, -0.2) is 64.2 Å². The predicted molar refractivity (Wildman–Crippen MR) is 121 cm³/mol. The molecule has 0 spiro atoms. The van der Waals surface area contributed by atoms with Crippen LogP contribution in [0, 0.1) is 17.8 Å². The fourth-order valence-corrected chi connectivity index (χ4v) is 3.10. The third kappa shape index (κ3) is 10.4. The fraction of sp³-hybridized carbons (Fsp3) is 0.818. The Balaban J connectivity index is 5.57. The number of carboxylic acid groups (broad SMARTS) is 1. The lowest BCUT2D eigenvalue weighted by molar-refractivity contribution is -0.143. The van der Waals surface area contributed by atoms with Crippen molar-refractivity contribution in [3.8, 4) is 0 Å². The Hall–Kier alpha value is -2.20. The predicted octanol–water partition coefficient (Wildman–Crippen LogP) is 0.372. The zero-order valence-corrected chi connectivity index (χ0v) is 20.3. The number of rotatable bonds is 14. The first-order valence-electron chi connectivity index (χ1n) is 11.3. The van der Waals surface area contributed by atoms with Crippen molar-refractivity contribution in [2.45, 2.75) is 98.0 Å². The van der Waals surface area contributed by atoms with Gasteiger partial charge in [-0.05, 0) is 37.5 Å². The molecule has 0 aromatic carbocycles. The molecule has 7 N–H and O–H groups in total. The molecule has 0 aromatic heterocycles. The van der Waals surface area contributed by atoms with Crippen LogP contribution in [0.3, 0.4) is 0 Å². The van der Waals surface area contributed by atoms with Gasteiger partial charge in [-0.3, -0.25) is 14.4 Å². The Morgan fingerprint density at radius 2 is 1.25 bits per heavy atom. The molecule has 0 aliphatic heterocycles. The molecule has 0 aliphatic carbocycles. The van der Waals surface area contributed by atoms with Crippen molar-refractivity contribution >= 4 is 23.7 Å².